The second kappa shape index (κ2) is 6.11. The molecule has 0 saturated heterocycles. The Morgan fingerprint density at radius 2 is 1.75 bits per heavy atom. The van der Waals surface area contributed by atoms with E-state index in [2.05, 4.69) is 16.0 Å². The largest absolute Gasteiger partial charge is 0.481 e. The van der Waals surface area contributed by atoms with E-state index in [1.54, 1.807) is 0 Å². The first kappa shape index (κ1) is 16.3. The van der Waals surface area contributed by atoms with Crippen LogP contribution in [0.25, 0.3) is 0 Å². The summed E-state index contributed by atoms with van der Waals surface area (Å²) in [6.07, 6.45) is 1.38. The number of carboxylic acids is 1. The molecule has 3 amide bonds. The highest BCUT2D eigenvalue weighted by Crippen LogP contribution is 2.45. The number of carboxylic acid groups (broad SMARTS) is 1. The lowest BCUT2D eigenvalue weighted by molar-refractivity contribution is -0.143. The van der Waals surface area contributed by atoms with Crippen molar-refractivity contribution in [2.24, 2.45) is 5.41 Å². The second-order valence-electron chi connectivity index (χ2n) is 6.24. The highest BCUT2D eigenvalue weighted by molar-refractivity contribution is 5.81. The lowest BCUT2D eigenvalue weighted by Crippen LogP contribution is -2.44. The first-order valence-electron chi connectivity index (χ1n) is 6.71. The SMILES string of the molecule is CC(C)(C)NC(=O)CCNC(=O)NCC1(C(=O)O)CC1. The van der Waals surface area contributed by atoms with Crippen molar-refractivity contribution in [3.63, 3.8) is 0 Å². The zero-order valence-corrected chi connectivity index (χ0v) is 12.2. The van der Waals surface area contributed by atoms with Gasteiger partial charge in [0.05, 0.1) is 5.41 Å². The Kier molecular flexibility index (Phi) is 4.97. The molecule has 0 aromatic carbocycles. The van der Waals surface area contributed by atoms with E-state index in [0.29, 0.717) is 12.8 Å². The Morgan fingerprint density at radius 1 is 1.15 bits per heavy atom. The molecule has 0 unspecified atom stereocenters. The maximum Gasteiger partial charge on any atom is 0.314 e. The van der Waals surface area contributed by atoms with Crippen molar-refractivity contribution >= 4 is 17.9 Å². The van der Waals surface area contributed by atoms with Gasteiger partial charge in [-0.3, -0.25) is 9.59 Å². The number of aliphatic carboxylic acids is 1. The number of carbonyl (C=O) groups excluding carboxylic acids is 2. The van der Waals surface area contributed by atoms with Crippen LogP contribution in [-0.4, -0.2) is 41.6 Å². The van der Waals surface area contributed by atoms with E-state index in [1.807, 2.05) is 20.8 Å². The van der Waals surface area contributed by atoms with Crippen LogP contribution in [0.5, 0.6) is 0 Å². The van der Waals surface area contributed by atoms with Crippen molar-refractivity contribution < 1.29 is 19.5 Å². The van der Waals surface area contributed by atoms with Crippen LogP contribution in [0.4, 0.5) is 4.79 Å². The number of amides is 3. The molecule has 1 aliphatic carbocycles. The molecule has 1 saturated carbocycles. The molecule has 0 aromatic heterocycles. The Hall–Kier alpha value is -1.79. The Bertz CT molecular complexity index is 397. The van der Waals surface area contributed by atoms with Gasteiger partial charge in [-0.05, 0) is 33.6 Å². The summed E-state index contributed by atoms with van der Waals surface area (Å²) in [5.74, 6) is -1.01. The highest BCUT2D eigenvalue weighted by Gasteiger charge is 2.50. The van der Waals surface area contributed by atoms with Crippen molar-refractivity contribution in [1.29, 1.82) is 0 Å². The molecule has 0 atom stereocenters. The van der Waals surface area contributed by atoms with E-state index in [-0.39, 0.29) is 31.0 Å². The molecule has 0 aliphatic heterocycles. The lowest BCUT2D eigenvalue weighted by Gasteiger charge is -2.20. The Balaban J connectivity index is 2.15. The van der Waals surface area contributed by atoms with Gasteiger partial charge in [0.15, 0.2) is 0 Å². The smallest absolute Gasteiger partial charge is 0.314 e. The molecular formula is C13H23N3O4. The van der Waals surface area contributed by atoms with Crippen LogP contribution in [0.3, 0.4) is 0 Å². The average molecular weight is 285 g/mol. The Labute approximate surface area is 118 Å². The number of hydrogen-bond donors (Lipinski definition) is 4. The molecule has 1 rings (SSSR count). The number of hydrogen-bond acceptors (Lipinski definition) is 3. The van der Waals surface area contributed by atoms with Crippen molar-refractivity contribution in [2.75, 3.05) is 13.1 Å². The van der Waals surface area contributed by atoms with Gasteiger partial charge in [0, 0.05) is 25.0 Å². The zero-order chi connectivity index (χ0) is 15.4. The summed E-state index contributed by atoms with van der Waals surface area (Å²) >= 11 is 0. The fourth-order valence-corrected chi connectivity index (χ4v) is 1.70. The van der Waals surface area contributed by atoms with Gasteiger partial charge in [-0.1, -0.05) is 0 Å². The normalized spacial score (nSPS) is 16.1. The molecule has 0 bridgehead atoms. The van der Waals surface area contributed by atoms with Crippen molar-refractivity contribution in [1.82, 2.24) is 16.0 Å². The number of urea groups is 1. The van der Waals surface area contributed by atoms with Crippen LogP contribution >= 0.6 is 0 Å². The maximum absolute atomic E-state index is 11.5. The van der Waals surface area contributed by atoms with E-state index in [9.17, 15) is 14.4 Å². The van der Waals surface area contributed by atoms with Crippen molar-refractivity contribution in [3.8, 4) is 0 Å². The molecule has 4 N–H and O–H groups in total. The van der Waals surface area contributed by atoms with Crippen molar-refractivity contribution in [2.45, 2.75) is 45.6 Å². The number of rotatable bonds is 6. The standard InChI is InChI=1S/C13H23N3O4/c1-12(2,3)16-9(17)4-7-14-11(20)15-8-13(5-6-13)10(18)19/h4-8H2,1-3H3,(H,16,17)(H,18,19)(H2,14,15,20). The average Bonchev–Trinajstić information content (AvgIpc) is 3.04. The van der Waals surface area contributed by atoms with E-state index in [1.165, 1.54) is 0 Å². The van der Waals surface area contributed by atoms with Crippen LogP contribution in [0, 0.1) is 5.41 Å². The summed E-state index contributed by atoms with van der Waals surface area (Å²) in [7, 11) is 0. The van der Waals surface area contributed by atoms with Gasteiger partial charge in [0.1, 0.15) is 0 Å². The monoisotopic (exact) mass is 285 g/mol. The third kappa shape index (κ3) is 5.46. The maximum atomic E-state index is 11.5. The minimum Gasteiger partial charge on any atom is -0.481 e. The predicted octanol–water partition coefficient (Wildman–Crippen LogP) is 0.455. The summed E-state index contributed by atoms with van der Waals surface area (Å²) in [4.78, 5) is 33.9. The first-order valence-corrected chi connectivity index (χ1v) is 6.71. The van der Waals surface area contributed by atoms with Crippen LogP contribution in [0.1, 0.15) is 40.0 Å². The fourth-order valence-electron chi connectivity index (χ4n) is 1.70. The second-order valence-corrected chi connectivity index (χ2v) is 6.24. The molecule has 1 aliphatic rings. The first-order chi connectivity index (χ1) is 9.15. The zero-order valence-electron chi connectivity index (χ0n) is 12.2. The minimum absolute atomic E-state index is 0.127. The van der Waals surface area contributed by atoms with E-state index < -0.39 is 17.4 Å². The topological polar surface area (TPSA) is 108 Å². The molecule has 114 valence electrons. The summed E-state index contributed by atoms with van der Waals surface area (Å²) in [5, 5.41) is 16.8. The molecular weight excluding hydrogens is 262 g/mol. The predicted molar refractivity (Wildman–Crippen MR) is 73.2 cm³/mol. The van der Waals surface area contributed by atoms with Crippen LogP contribution in [0.2, 0.25) is 0 Å². The van der Waals surface area contributed by atoms with Crippen molar-refractivity contribution in [3.05, 3.63) is 0 Å². The number of nitrogens with one attached hydrogen (secondary N) is 3. The summed E-state index contributed by atoms with van der Waals surface area (Å²) in [5.41, 5.74) is -1.07. The molecule has 7 nitrogen and oxygen atoms in total. The molecule has 20 heavy (non-hydrogen) atoms. The minimum atomic E-state index is -0.873. The van der Waals surface area contributed by atoms with Crippen LogP contribution < -0.4 is 16.0 Å². The summed E-state index contributed by atoms with van der Waals surface area (Å²) in [6.45, 7) is 5.99. The van der Waals surface area contributed by atoms with E-state index in [0.717, 1.165) is 0 Å². The molecule has 7 heteroatoms. The molecule has 0 radical (unpaired) electrons. The summed E-state index contributed by atoms with van der Waals surface area (Å²) < 4.78 is 0. The third-order valence-corrected chi connectivity index (χ3v) is 3.05. The van der Waals surface area contributed by atoms with Crippen LogP contribution in [-0.2, 0) is 9.59 Å². The number of carbonyl (C=O) groups is 3. The van der Waals surface area contributed by atoms with Gasteiger partial charge in [-0.15, -0.1) is 0 Å². The fraction of sp³-hybridized carbons (Fsp3) is 0.769. The van der Waals surface area contributed by atoms with Gasteiger partial charge in [0.25, 0.3) is 0 Å². The highest BCUT2D eigenvalue weighted by atomic mass is 16.4. The lowest BCUT2D eigenvalue weighted by atomic mass is 10.1. The van der Waals surface area contributed by atoms with Gasteiger partial charge >= 0.3 is 12.0 Å². The molecule has 0 aromatic rings. The summed E-state index contributed by atoms with van der Waals surface area (Å²) in [6, 6.07) is -0.443. The molecule has 0 spiro atoms. The quantitative estimate of drug-likeness (QED) is 0.568. The molecule has 0 heterocycles. The third-order valence-electron chi connectivity index (χ3n) is 3.05. The van der Waals surface area contributed by atoms with Gasteiger partial charge < -0.3 is 21.1 Å². The van der Waals surface area contributed by atoms with Gasteiger partial charge in [0.2, 0.25) is 5.91 Å². The van der Waals surface area contributed by atoms with Crippen LogP contribution in [0.15, 0.2) is 0 Å². The Morgan fingerprint density at radius 3 is 2.20 bits per heavy atom. The van der Waals surface area contributed by atoms with Gasteiger partial charge in [-0.2, -0.15) is 0 Å². The van der Waals surface area contributed by atoms with E-state index in [4.69, 9.17) is 5.11 Å². The van der Waals surface area contributed by atoms with Gasteiger partial charge in [-0.25, -0.2) is 4.79 Å². The van der Waals surface area contributed by atoms with E-state index >= 15 is 0 Å². The molecule has 1 fully saturated rings.